The van der Waals surface area contributed by atoms with Gasteiger partial charge in [-0.3, -0.25) is 4.98 Å². The number of pyridine rings is 1. The number of halogens is 3. The van der Waals surface area contributed by atoms with E-state index in [1.54, 1.807) is 0 Å². The topological polar surface area (TPSA) is 59.1 Å². The van der Waals surface area contributed by atoms with E-state index in [9.17, 15) is 13.2 Å². The Kier molecular flexibility index (Phi) is 2.72. The van der Waals surface area contributed by atoms with Crippen molar-refractivity contribution >= 4 is 5.69 Å². The van der Waals surface area contributed by atoms with Crippen molar-refractivity contribution in [2.45, 2.75) is 13.0 Å². The lowest BCUT2D eigenvalue weighted by Crippen LogP contribution is -2.05. The van der Waals surface area contributed by atoms with Gasteiger partial charge in [-0.1, -0.05) is 0 Å². The molecule has 1 heterocycles. The Morgan fingerprint density at radius 1 is 1.54 bits per heavy atom. The van der Waals surface area contributed by atoms with Gasteiger partial charge in [0, 0.05) is 6.20 Å². The van der Waals surface area contributed by atoms with Gasteiger partial charge in [-0.15, -0.1) is 0 Å². The maximum atomic E-state index is 12.9. The van der Waals surface area contributed by atoms with Crippen molar-refractivity contribution in [3.63, 3.8) is 0 Å². The Balaban J connectivity index is 3.23. The number of aliphatic hydroxyl groups excluding tert-OH is 1. The molecule has 0 spiro atoms. The van der Waals surface area contributed by atoms with Crippen molar-refractivity contribution in [2.75, 3.05) is 5.73 Å². The van der Waals surface area contributed by atoms with Crippen LogP contribution in [0, 0.1) is 5.82 Å². The van der Waals surface area contributed by atoms with E-state index in [0.717, 1.165) is 0 Å². The Labute approximate surface area is 72.0 Å². The van der Waals surface area contributed by atoms with Crippen LogP contribution in [0.1, 0.15) is 17.7 Å². The van der Waals surface area contributed by atoms with E-state index in [-0.39, 0.29) is 5.69 Å². The first-order valence-electron chi connectivity index (χ1n) is 3.39. The SMILES string of the molecule is Nc1c(CO)ncc(C(F)F)c1F. The summed E-state index contributed by atoms with van der Waals surface area (Å²) in [6, 6.07) is 0. The molecule has 6 heteroatoms. The number of rotatable bonds is 2. The molecule has 1 aromatic rings. The predicted octanol–water partition coefficient (Wildman–Crippen LogP) is 1.23. The van der Waals surface area contributed by atoms with Gasteiger partial charge in [0.2, 0.25) is 0 Å². The maximum absolute atomic E-state index is 12.9. The molecule has 3 N–H and O–H groups in total. The molecule has 0 bridgehead atoms. The molecule has 0 unspecified atom stereocenters. The molecule has 3 nitrogen and oxygen atoms in total. The first kappa shape index (κ1) is 9.79. The molecule has 0 atom stereocenters. The first-order valence-corrected chi connectivity index (χ1v) is 3.39. The monoisotopic (exact) mass is 192 g/mol. The van der Waals surface area contributed by atoms with Crippen molar-refractivity contribution < 1.29 is 18.3 Å². The fourth-order valence-corrected chi connectivity index (χ4v) is 0.834. The second kappa shape index (κ2) is 3.61. The van der Waals surface area contributed by atoms with Crippen LogP contribution in [0.3, 0.4) is 0 Å². The molecule has 13 heavy (non-hydrogen) atoms. The minimum Gasteiger partial charge on any atom is -0.395 e. The van der Waals surface area contributed by atoms with Crippen LogP contribution in [0.25, 0.3) is 0 Å². The van der Waals surface area contributed by atoms with Gasteiger partial charge in [-0.05, 0) is 0 Å². The van der Waals surface area contributed by atoms with Gasteiger partial charge >= 0.3 is 0 Å². The third kappa shape index (κ3) is 1.72. The zero-order chi connectivity index (χ0) is 10.0. The minimum atomic E-state index is -2.96. The average molecular weight is 192 g/mol. The number of hydrogen-bond acceptors (Lipinski definition) is 3. The third-order valence-electron chi connectivity index (χ3n) is 1.55. The maximum Gasteiger partial charge on any atom is 0.268 e. The largest absolute Gasteiger partial charge is 0.395 e. The summed E-state index contributed by atoms with van der Waals surface area (Å²) < 4.78 is 37.0. The van der Waals surface area contributed by atoms with Crippen LogP contribution in [-0.2, 0) is 6.61 Å². The smallest absolute Gasteiger partial charge is 0.268 e. The van der Waals surface area contributed by atoms with Gasteiger partial charge in [-0.2, -0.15) is 0 Å². The number of nitrogens with two attached hydrogens (primary N) is 1. The number of nitrogens with zero attached hydrogens (tertiary/aromatic N) is 1. The van der Waals surface area contributed by atoms with Gasteiger partial charge in [0.25, 0.3) is 6.43 Å². The highest BCUT2D eigenvalue weighted by atomic mass is 19.3. The van der Waals surface area contributed by atoms with Crippen molar-refractivity contribution in [3.05, 3.63) is 23.3 Å². The van der Waals surface area contributed by atoms with Gasteiger partial charge in [0.05, 0.1) is 23.6 Å². The Morgan fingerprint density at radius 2 is 2.15 bits per heavy atom. The lowest BCUT2D eigenvalue weighted by Gasteiger charge is -2.06. The van der Waals surface area contributed by atoms with Crippen LogP contribution in [0.15, 0.2) is 6.20 Å². The summed E-state index contributed by atoms with van der Waals surface area (Å²) in [5, 5.41) is 8.58. The predicted molar refractivity (Wildman–Crippen MR) is 39.5 cm³/mol. The van der Waals surface area contributed by atoms with E-state index in [4.69, 9.17) is 10.8 Å². The number of aliphatic hydroxyl groups is 1. The van der Waals surface area contributed by atoms with E-state index >= 15 is 0 Å². The fraction of sp³-hybridized carbons (Fsp3) is 0.286. The summed E-state index contributed by atoms with van der Waals surface area (Å²) in [5.74, 6) is -1.21. The van der Waals surface area contributed by atoms with Crippen LogP contribution in [0.4, 0.5) is 18.9 Å². The molecule has 0 saturated carbocycles. The number of nitrogen functional groups attached to an aromatic ring is 1. The normalized spacial score (nSPS) is 10.8. The molecular formula is C7H7F3N2O. The molecule has 0 aliphatic carbocycles. The second-order valence-electron chi connectivity index (χ2n) is 2.35. The molecule has 0 fully saturated rings. The number of anilines is 1. The average Bonchev–Trinajstić information content (AvgIpc) is 2.09. The summed E-state index contributed by atoms with van der Waals surface area (Å²) in [7, 11) is 0. The zero-order valence-corrected chi connectivity index (χ0v) is 6.47. The Morgan fingerprint density at radius 3 is 2.62 bits per heavy atom. The van der Waals surface area contributed by atoms with Crippen LogP contribution in [0.2, 0.25) is 0 Å². The van der Waals surface area contributed by atoms with Gasteiger partial charge < -0.3 is 10.8 Å². The summed E-state index contributed by atoms with van der Waals surface area (Å²) in [6.45, 7) is -0.577. The molecule has 0 saturated heterocycles. The van der Waals surface area contributed by atoms with E-state index in [1.165, 1.54) is 0 Å². The number of hydrogen-bond donors (Lipinski definition) is 2. The molecular weight excluding hydrogens is 185 g/mol. The molecule has 0 aromatic carbocycles. The molecule has 72 valence electrons. The van der Waals surface area contributed by atoms with Crippen molar-refractivity contribution in [2.24, 2.45) is 0 Å². The second-order valence-corrected chi connectivity index (χ2v) is 2.35. The zero-order valence-electron chi connectivity index (χ0n) is 6.47. The van der Waals surface area contributed by atoms with E-state index in [0.29, 0.717) is 6.20 Å². The molecule has 0 amide bonds. The van der Waals surface area contributed by atoms with Gasteiger partial charge in [-0.25, -0.2) is 13.2 Å². The lowest BCUT2D eigenvalue weighted by atomic mass is 10.2. The summed E-state index contributed by atoms with van der Waals surface area (Å²) in [4.78, 5) is 3.38. The van der Waals surface area contributed by atoms with Gasteiger partial charge in [0.1, 0.15) is 0 Å². The highest BCUT2D eigenvalue weighted by Gasteiger charge is 2.18. The van der Waals surface area contributed by atoms with Crippen molar-refractivity contribution in [3.8, 4) is 0 Å². The van der Waals surface area contributed by atoms with Crippen LogP contribution in [0.5, 0.6) is 0 Å². The number of aromatic nitrogens is 1. The van der Waals surface area contributed by atoms with E-state index in [1.807, 2.05) is 0 Å². The van der Waals surface area contributed by atoms with Gasteiger partial charge in [0.15, 0.2) is 5.82 Å². The van der Waals surface area contributed by atoms with Crippen LogP contribution < -0.4 is 5.73 Å². The lowest BCUT2D eigenvalue weighted by molar-refractivity contribution is 0.145. The molecule has 0 aliphatic rings. The number of alkyl halides is 2. The van der Waals surface area contributed by atoms with E-state index < -0.39 is 30.1 Å². The molecule has 0 aliphatic heterocycles. The van der Waals surface area contributed by atoms with Crippen molar-refractivity contribution in [1.82, 2.24) is 4.98 Å². The highest BCUT2D eigenvalue weighted by Crippen LogP contribution is 2.26. The Hall–Kier alpha value is -1.30. The summed E-state index contributed by atoms with van der Waals surface area (Å²) >= 11 is 0. The van der Waals surface area contributed by atoms with Crippen LogP contribution >= 0.6 is 0 Å². The third-order valence-corrected chi connectivity index (χ3v) is 1.55. The first-order chi connectivity index (χ1) is 6.07. The van der Waals surface area contributed by atoms with E-state index in [2.05, 4.69) is 4.98 Å². The summed E-state index contributed by atoms with van der Waals surface area (Å²) in [6.07, 6.45) is -2.29. The Bertz CT molecular complexity index is 317. The highest BCUT2D eigenvalue weighted by molar-refractivity contribution is 5.46. The standard InChI is InChI=1S/C7H7F3N2O/c8-5-3(7(9)10)1-12-4(2-13)6(5)11/h1,7,13H,2,11H2. The quantitative estimate of drug-likeness (QED) is 0.740. The summed E-state index contributed by atoms with van der Waals surface area (Å²) in [5.41, 5.74) is 3.58. The molecule has 1 aromatic heterocycles. The fourth-order valence-electron chi connectivity index (χ4n) is 0.834. The van der Waals surface area contributed by atoms with Crippen molar-refractivity contribution in [1.29, 1.82) is 0 Å². The van der Waals surface area contributed by atoms with Crippen LogP contribution in [-0.4, -0.2) is 10.1 Å². The molecule has 0 radical (unpaired) electrons. The minimum absolute atomic E-state index is 0.137. The molecule has 1 rings (SSSR count).